The van der Waals surface area contributed by atoms with E-state index in [-0.39, 0.29) is 5.56 Å². The van der Waals surface area contributed by atoms with E-state index in [2.05, 4.69) is 21.8 Å². The van der Waals surface area contributed by atoms with Crippen LogP contribution in [-0.4, -0.2) is 40.5 Å². The van der Waals surface area contributed by atoms with Gasteiger partial charge in [0, 0.05) is 6.04 Å². The number of aromatic nitrogens is 2. The van der Waals surface area contributed by atoms with Crippen LogP contribution in [0.5, 0.6) is 0 Å². The van der Waals surface area contributed by atoms with Crippen molar-refractivity contribution < 1.29 is 9.53 Å². The number of piperidine rings is 1. The summed E-state index contributed by atoms with van der Waals surface area (Å²) in [5, 5.41) is 0.480. The molecule has 1 fully saturated rings. The first kappa shape index (κ1) is 15.7. The van der Waals surface area contributed by atoms with Crippen molar-refractivity contribution in [3.63, 3.8) is 0 Å². The Hall–Kier alpha value is -2.21. The van der Waals surface area contributed by atoms with Crippen LogP contribution in [0.3, 0.4) is 0 Å². The maximum Gasteiger partial charge on any atom is 0.337 e. The van der Waals surface area contributed by atoms with E-state index in [9.17, 15) is 9.59 Å². The minimum atomic E-state index is -0.430. The summed E-state index contributed by atoms with van der Waals surface area (Å²) in [5.74, 6) is 0.207. The minimum Gasteiger partial charge on any atom is -0.465 e. The molecule has 3 rings (SSSR count). The van der Waals surface area contributed by atoms with Crippen LogP contribution in [-0.2, 0) is 11.3 Å². The molecule has 1 aromatic heterocycles. The smallest absolute Gasteiger partial charge is 0.337 e. The second kappa shape index (κ2) is 6.50. The highest BCUT2D eigenvalue weighted by Crippen LogP contribution is 2.18. The Labute approximate surface area is 134 Å². The number of nitrogens with one attached hydrogen (secondary N) is 1. The second-order valence-electron chi connectivity index (χ2n) is 6.05. The highest BCUT2D eigenvalue weighted by molar-refractivity contribution is 5.93. The van der Waals surface area contributed by atoms with Gasteiger partial charge in [-0.2, -0.15) is 0 Å². The maximum atomic E-state index is 12.2. The third-order valence-corrected chi connectivity index (χ3v) is 4.47. The molecule has 6 heteroatoms. The highest BCUT2D eigenvalue weighted by atomic mass is 16.5. The number of rotatable bonds is 3. The molecule has 23 heavy (non-hydrogen) atoms. The molecule has 2 heterocycles. The molecule has 2 aromatic rings. The topological polar surface area (TPSA) is 75.3 Å². The number of esters is 1. The van der Waals surface area contributed by atoms with Crippen LogP contribution in [0.4, 0.5) is 0 Å². The molecule has 1 aliphatic rings. The SMILES string of the molecule is COC(=O)c1ccc2c(=O)[nH]c(CN3CCCC[C@H]3C)nc2c1. The quantitative estimate of drug-likeness (QED) is 0.878. The summed E-state index contributed by atoms with van der Waals surface area (Å²) in [5.41, 5.74) is 0.748. The maximum absolute atomic E-state index is 12.2. The predicted molar refractivity (Wildman–Crippen MR) is 87.4 cm³/mol. The number of fused-ring (bicyclic) bond motifs is 1. The molecule has 0 unspecified atom stereocenters. The molecule has 0 amide bonds. The van der Waals surface area contributed by atoms with Gasteiger partial charge in [-0.1, -0.05) is 6.42 Å². The minimum absolute atomic E-state index is 0.175. The molecule has 1 N–H and O–H groups in total. The van der Waals surface area contributed by atoms with E-state index in [0.29, 0.717) is 34.9 Å². The summed E-state index contributed by atoms with van der Waals surface area (Å²) in [6.07, 6.45) is 3.60. The summed E-state index contributed by atoms with van der Waals surface area (Å²) in [4.78, 5) is 33.6. The second-order valence-corrected chi connectivity index (χ2v) is 6.05. The van der Waals surface area contributed by atoms with E-state index in [1.807, 2.05) is 0 Å². The number of nitrogens with zero attached hydrogens (tertiary/aromatic N) is 2. The van der Waals surface area contributed by atoms with E-state index in [0.717, 1.165) is 6.54 Å². The van der Waals surface area contributed by atoms with Crippen molar-refractivity contribution in [3.8, 4) is 0 Å². The Balaban J connectivity index is 1.95. The van der Waals surface area contributed by atoms with Gasteiger partial charge < -0.3 is 9.72 Å². The molecule has 122 valence electrons. The first-order valence-electron chi connectivity index (χ1n) is 7.94. The Bertz CT molecular complexity index is 784. The van der Waals surface area contributed by atoms with Crippen LogP contribution in [0, 0.1) is 0 Å². The summed E-state index contributed by atoms with van der Waals surface area (Å²) in [6, 6.07) is 5.30. The number of carbonyl (C=O) groups is 1. The zero-order valence-corrected chi connectivity index (χ0v) is 13.5. The zero-order chi connectivity index (χ0) is 16.4. The van der Waals surface area contributed by atoms with Crippen molar-refractivity contribution in [3.05, 3.63) is 39.9 Å². The standard InChI is InChI=1S/C17H21N3O3/c1-11-5-3-4-8-20(11)10-15-18-14-9-12(17(22)23-2)6-7-13(14)16(21)19-15/h6-7,9,11H,3-5,8,10H2,1-2H3,(H,18,19,21)/t11-/m1/s1. The molecule has 0 bridgehead atoms. The predicted octanol–water partition coefficient (Wildman–Crippen LogP) is 2.08. The van der Waals surface area contributed by atoms with Crippen LogP contribution < -0.4 is 5.56 Å². The summed E-state index contributed by atoms with van der Waals surface area (Å²) >= 11 is 0. The Morgan fingerprint density at radius 1 is 1.43 bits per heavy atom. The van der Waals surface area contributed by atoms with Gasteiger partial charge in [-0.15, -0.1) is 0 Å². The van der Waals surface area contributed by atoms with Gasteiger partial charge in [0.05, 0.1) is 30.1 Å². The average molecular weight is 315 g/mol. The number of likely N-dealkylation sites (tertiary alicyclic amines) is 1. The van der Waals surface area contributed by atoms with Crippen molar-refractivity contribution in [2.75, 3.05) is 13.7 Å². The molecule has 0 saturated carbocycles. The molecule has 0 aliphatic carbocycles. The van der Waals surface area contributed by atoms with Crippen LogP contribution in [0.2, 0.25) is 0 Å². The van der Waals surface area contributed by atoms with Gasteiger partial charge in [0.15, 0.2) is 0 Å². The molecular formula is C17H21N3O3. The van der Waals surface area contributed by atoms with Crippen molar-refractivity contribution in [1.82, 2.24) is 14.9 Å². The van der Waals surface area contributed by atoms with Gasteiger partial charge in [-0.25, -0.2) is 9.78 Å². The number of H-pyrrole nitrogens is 1. The lowest BCUT2D eigenvalue weighted by Crippen LogP contribution is -2.37. The third-order valence-electron chi connectivity index (χ3n) is 4.47. The van der Waals surface area contributed by atoms with Crippen molar-refractivity contribution in [1.29, 1.82) is 0 Å². The molecular weight excluding hydrogens is 294 g/mol. The normalized spacial score (nSPS) is 19.0. The Kier molecular flexibility index (Phi) is 4.43. The number of aromatic amines is 1. The molecule has 6 nitrogen and oxygen atoms in total. The lowest BCUT2D eigenvalue weighted by molar-refractivity contribution is 0.0601. The Morgan fingerprint density at radius 3 is 3.00 bits per heavy atom. The van der Waals surface area contributed by atoms with Gasteiger partial charge in [0.1, 0.15) is 5.82 Å². The fourth-order valence-electron chi connectivity index (χ4n) is 3.09. The molecule has 0 radical (unpaired) electrons. The number of hydrogen-bond donors (Lipinski definition) is 1. The number of methoxy groups -OCH3 is 1. The van der Waals surface area contributed by atoms with E-state index < -0.39 is 5.97 Å². The molecule has 1 saturated heterocycles. The number of ether oxygens (including phenoxy) is 1. The molecule has 1 atom stereocenters. The molecule has 0 spiro atoms. The van der Waals surface area contributed by atoms with E-state index >= 15 is 0 Å². The average Bonchev–Trinajstić information content (AvgIpc) is 2.55. The number of benzene rings is 1. The van der Waals surface area contributed by atoms with Crippen molar-refractivity contribution >= 4 is 16.9 Å². The summed E-state index contributed by atoms with van der Waals surface area (Å²) in [7, 11) is 1.33. The fourth-order valence-corrected chi connectivity index (χ4v) is 3.09. The van der Waals surface area contributed by atoms with E-state index in [1.165, 1.54) is 26.4 Å². The van der Waals surface area contributed by atoms with Crippen LogP contribution in [0.1, 0.15) is 42.4 Å². The van der Waals surface area contributed by atoms with E-state index in [1.54, 1.807) is 18.2 Å². The number of hydrogen-bond acceptors (Lipinski definition) is 5. The largest absolute Gasteiger partial charge is 0.465 e. The van der Waals surface area contributed by atoms with Crippen molar-refractivity contribution in [2.24, 2.45) is 0 Å². The van der Waals surface area contributed by atoms with Gasteiger partial charge in [-0.3, -0.25) is 9.69 Å². The van der Waals surface area contributed by atoms with Gasteiger partial charge >= 0.3 is 5.97 Å². The van der Waals surface area contributed by atoms with Gasteiger partial charge in [0.2, 0.25) is 0 Å². The molecule has 1 aliphatic heterocycles. The molecule has 1 aromatic carbocycles. The van der Waals surface area contributed by atoms with Crippen LogP contribution in [0.25, 0.3) is 10.9 Å². The highest BCUT2D eigenvalue weighted by Gasteiger charge is 2.19. The van der Waals surface area contributed by atoms with Gasteiger partial charge in [0.25, 0.3) is 5.56 Å². The fraction of sp³-hybridized carbons (Fsp3) is 0.471. The summed E-state index contributed by atoms with van der Waals surface area (Å²) < 4.78 is 4.72. The van der Waals surface area contributed by atoms with Crippen LogP contribution >= 0.6 is 0 Å². The van der Waals surface area contributed by atoms with Crippen molar-refractivity contribution in [2.45, 2.75) is 38.8 Å². The Morgan fingerprint density at radius 2 is 2.26 bits per heavy atom. The first-order valence-corrected chi connectivity index (χ1v) is 7.94. The summed E-state index contributed by atoms with van der Waals surface area (Å²) in [6.45, 7) is 3.84. The zero-order valence-electron chi connectivity index (χ0n) is 13.5. The third kappa shape index (κ3) is 3.27. The first-order chi connectivity index (χ1) is 11.1. The van der Waals surface area contributed by atoms with E-state index in [4.69, 9.17) is 4.74 Å². The van der Waals surface area contributed by atoms with Gasteiger partial charge in [-0.05, 0) is 44.5 Å². The lowest BCUT2D eigenvalue weighted by atomic mass is 10.0. The number of carbonyl (C=O) groups excluding carboxylic acids is 1. The lowest BCUT2D eigenvalue weighted by Gasteiger charge is -2.32. The monoisotopic (exact) mass is 315 g/mol. The van der Waals surface area contributed by atoms with Crippen LogP contribution in [0.15, 0.2) is 23.0 Å².